The number of sulfonamides is 1. The van der Waals surface area contributed by atoms with Gasteiger partial charge in [-0.3, -0.25) is 0 Å². The van der Waals surface area contributed by atoms with E-state index in [0.29, 0.717) is 18.3 Å². The van der Waals surface area contributed by atoms with Crippen LogP contribution in [0, 0.1) is 11.8 Å². The van der Waals surface area contributed by atoms with Crippen molar-refractivity contribution in [3.05, 3.63) is 24.3 Å². The fourth-order valence-electron chi connectivity index (χ4n) is 2.15. The third-order valence-corrected chi connectivity index (χ3v) is 5.21. The molecule has 2 N–H and O–H groups in total. The minimum atomic E-state index is -3.61. The van der Waals surface area contributed by atoms with Crippen molar-refractivity contribution in [2.45, 2.75) is 44.1 Å². The van der Waals surface area contributed by atoms with Crippen molar-refractivity contribution >= 4 is 10.0 Å². The van der Waals surface area contributed by atoms with Gasteiger partial charge in [-0.15, -0.1) is 0 Å². The maximum atomic E-state index is 12.2. The van der Waals surface area contributed by atoms with E-state index < -0.39 is 15.6 Å². The molecule has 1 atom stereocenters. The van der Waals surface area contributed by atoms with Crippen LogP contribution in [0.25, 0.3) is 0 Å². The Labute approximate surface area is 132 Å². The van der Waals surface area contributed by atoms with Gasteiger partial charge in [-0.05, 0) is 55.9 Å². The molecule has 0 aromatic heterocycles. The molecule has 0 bridgehead atoms. The average Bonchev–Trinajstić information content (AvgIpc) is 3.29. The maximum Gasteiger partial charge on any atom is 0.240 e. The van der Waals surface area contributed by atoms with Crippen LogP contribution in [0.1, 0.15) is 33.6 Å². The maximum absolute atomic E-state index is 12.2. The zero-order valence-corrected chi connectivity index (χ0v) is 14.2. The van der Waals surface area contributed by atoms with E-state index in [2.05, 4.69) is 18.6 Å². The molecule has 6 heteroatoms. The summed E-state index contributed by atoms with van der Waals surface area (Å²) < 4.78 is 32.5. The summed E-state index contributed by atoms with van der Waals surface area (Å²) in [5, 5.41) is 10.2. The summed E-state index contributed by atoms with van der Waals surface area (Å²) in [5.41, 5.74) is -0.979. The second-order valence-electron chi connectivity index (χ2n) is 6.63. The van der Waals surface area contributed by atoms with Crippen molar-refractivity contribution in [2.75, 3.05) is 13.2 Å². The highest BCUT2D eigenvalue weighted by Crippen LogP contribution is 2.39. The molecular weight excluding hydrogens is 302 g/mol. The lowest BCUT2D eigenvalue weighted by Gasteiger charge is -2.23. The van der Waals surface area contributed by atoms with Crippen LogP contribution in [0.4, 0.5) is 0 Å². The number of hydrogen-bond donors (Lipinski definition) is 2. The van der Waals surface area contributed by atoms with Crippen LogP contribution in [0.15, 0.2) is 29.2 Å². The van der Waals surface area contributed by atoms with Crippen molar-refractivity contribution in [1.29, 1.82) is 0 Å². The van der Waals surface area contributed by atoms with Gasteiger partial charge in [0.25, 0.3) is 0 Å². The lowest BCUT2D eigenvalue weighted by atomic mass is 10.0. The van der Waals surface area contributed by atoms with E-state index >= 15 is 0 Å². The Kier molecular flexibility index (Phi) is 5.14. The highest BCUT2D eigenvalue weighted by Gasteiger charge is 2.40. The first-order chi connectivity index (χ1) is 10.2. The molecule has 1 aromatic carbocycles. The van der Waals surface area contributed by atoms with Gasteiger partial charge in [-0.1, -0.05) is 13.8 Å². The first-order valence-corrected chi connectivity index (χ1v) is 9.14. The molecule has 0 spiro atoms. The molecule has 0 amide bonds. The second-order valence-corrected chi connectivity index (χ2v) is 8.40. The highest BCUT2D eigenvalue weighted by molar-refractivity contribution is 7.89. The first kappa shape index (κ1) is 17.2. The molecule has 1 aliphatic rings. The molecule has 0 radical (unpaired) electrons. The predicted octanol–water partition coefficient (Wildman–Crippen LogP) is 2.16. The molecule has 1 aliphatic carbocycles. The molecule has 1 aromatic rings. The number of benzene rings is 1. The largest absolute Gasteiger partial charge is 0.493 e. The molecule has 124 valence electrons. The van der Waals surface area contributed by atoms with Gasteiger partial charge in [-0.25, -0.2) is 13.1 Å². The summed E-state index contributed by atoms with van der Waals surface area (Å²) in [4.78, 5) is 0.177. The van der Waals surface area contributed by atoms with Gasteiger partial charge in [0.15, 0.2) is 0 Å². The van der Waals surface area contributed by atoms with Crippen molar-refractivity contribution in [1.82, 2.24) is 4.72 Å². The number of rotatable bonds is 8. The summed E-state index contributed by atoms with van der Waals surface area (Å²) in [5.74, 6) is 1.26. The normalized spacial score (nSPS) is 18.2. The Bertz CT molecular complexity index is 589. The van der Waals surface area contributed by atoms with Crippen LogP contribution in [-0.4, -0.2) is 32.3 Å². The van der Waals surface area contributed by atoms with Gasteiger partial charge in [-0.2, -0.15) is 0 Å². The van der Waals surface area contributed by atoms with Gasteiger partial charge in [0.05, 0.1) is 17.1 Å². The third-order valence-electron chi connectivity index (χ3n) is 3.79. The fraction of sp³-hybridized carbons (Fsp3) is 0.625. The van der Waals surface area contributed by atoms with Gasteiger partial charge >= 0.3 is 0 Å². The van der Waals surface area contributed by atoms with E-state index in [1.165, 1.54) is 12.1 Å². The number of ether oxygens (including phenoxy) is 1. The lowest BCUT2D eigenvalue weighted by molar-refractivity contribution is 0.0422. The van der Waals surface area contributed by atoms with Gasteiger partial charge < -0.3 is 9.84 Å². The molecule has 0 aliphatic heterocycles. The van der Waals surface area contributed by atoms with E-state index in [4.69, 9.17) is 4.74 Å². The lowest BCUT2D eigenvalue weighted by Crippen LogP contribution is -2.42. The predicted molar refractivity (Wildman–Crippen MR) is 85.3 cm³/mol. The highest BCUT2D eigenvalue weighted by atomic mass is 32.2. The Morgan fingerprint density at radius 3 is 2.41 bits per heavy atom. The molecule has 2 rings (SSSR count). The minimum absolute atomic E-state index is 0.0333. The summed E-state index contributed by atoms with van der Waals surface area (Å²) in [6.45, 7) is 6.40. The average molecular weight is 327 g/mol. The van der Waals surface area contributed by atoms with Crippen LogP contribution < -0.4 is 9.46 Å². The van der Waals surface area contributed by atoms with E-state index in [1.54, 1.807) is 19.1 Å². The Morgan fingerprint density at radius 1 is 1.32 bits per heavy atom. The number of nitrogens with one attached hydrogen (secondary N) is 1. The van der Waals surface area contributed by atoms with Gasteiger partial charge in [0.1, 0.15) is 5.75 Å². The molecule has 0 heterocycles. The zero-order chi connectivity index (χ0) is 16.4. The molecular formula is C16H25NO4S. The Morgan fingerprint density at radius 2 is 1.91 bits per heavy atom. The van der Waals surface area contributed by atoms with Crippen molar-refractivity contribution in [3.8, 4) is 5.75 Å². The summed E-state index contributed by atoms with van der Waals surface area (Å²) >= 11 is 0. The monoisotopic (exact) mass is 327 g/mol. The van der Waals surface area contributed by atoms with Crippen LogP contribution in [-0.2, 0) is 10.0 Å². The van der Waals surface area contributed by atoms with Gasteiger partial charge in [0.2, 0.25) is 10.0 Å². The first-order valence-electron chi connectivity index (χ1n) is 7.65. The molecule has 1 saturated carbocycles. The van der Waals surface area contributed by atoms with Crippen molar-refractivity contribution in [3.63, 3.8) is 0 Å². The van der Waals surface area contributed by atoms with Crippen LogP contribution >= 0.6 is 0 Å². The van der Waals surface area contributed by atoms with Crippen LogP contribution in [0.5, 0.6) is 5.75 Å². The summed E-state index contributed by atoms with van der Waals surface area (Å²) in [7, 11) is -3.61. The smallest absolute Gasteiger partial charge is 0.240 e. The molecule has 1 unspecified atom stereocenters. The fourth-order valence-corrected chi connectivity index (χ4v) is 3.30. The van der Waals surface area contributed by atoms with Crippen LogP contribution in [0.3, 0.4) is 0 Å². The quantitative estimate of drug-likeness (QED) is 0.767. The van der Waals surface area contributed by atoms with Crippen molar-refractivity contribution < 1.29 is 18.3 Å². The van der Waals surface area contributed by atoms with E-state index in [9.17, 15) is 13.5 Å². The molecule has 22 heavy (non-hydrogen) atoms. The number of aliphatic hydroxyl groups is 1. The standard InChI is InChI=1S/C16H25NO4S/c1-12(2)10-21-14-6-8-15(9-7-14)22(19,20)17-11-16(3,18)13-4-5-13/h6-9,12-13,17-18H,4-5,10-11H2,1-3H3. The third kappa shape index (κ3) is 4.69. The Balaban J connectivity index is 1.96. The number of hydrogen-bond acceptors (Lipinski definition) is 4. The zero-order valence-electron chi connectivity index (χ0n) is 13.4. The molecule has 0 saturated heterocycles. The van der Waals surface area contributed by atoms with E-state index in [0.717, 1.165) is 12.8 Å². The summed E-state index contributed by atoms with van der Waals surface area (Å²) in [6.07, 6.45) is 1.91. The van der Waals surface area contributed by atoms with E-state index in [-0.39, 0.29) is 17.4 Å². The van der Waals surface area contributed by atoms with E-state index in [1.807, 2.05) is 0 Å². The van der Waals surface area contributed by atoms with Gasteiger partial charge in [0, 0.05) is 6.54 Å². The SMILES string of the molecule is CC(C)COc1ccc(S(=O)(=O)NCC(C)(O)C2CC2)cc1. The topological polar surface area (TPSA) is 75.6 Å². The molecule has 5 nitrogen and oxygen atoms in total. The Hall–Kier alpha value is -1.11. The second kappa shape index (κ2) is 6.56. The van der Waals surface area contributed by atoms with Crippen molar-refractivity contribution in [2.24, 2.45) is 11.8 Å². The van der Waals surface area contributed by atoms with Crippen LogP contribution in [0.2, 0.25) is 0 Å². The molecule has 1 fully saturated rings. The minimum Gasteiger partial charge on any atom is -0.493 e. The summed E-state index contributed by atoms with van der Waals surface area (Å²) in [6, 6.07) is 6.33.